The van der Waals surface area contributed by atoms with Crippen LogP contribution in [-0.2, 0) is 14.3 Å². The average molecular weight is 336 g/mol. The lowest BCUT2D eigenvalue weighted by molar-refractivity contribution is -0.143. The Balaban J connectivity index is 2.05. The summed E-state index contributed by atoms with van der Waals surface area (Å²) in [5.41, 5.74) is 0.666. The van der Waals surface area contributed by atoms with Gasteiger partial charge in [-0.05, 0) is 38.2 Å². The van der Waals surface area contributed by atoms with Crippen LogP contribution in [0.15, 0.2) is 12.1 Å². The molecule has 1 heterocycles. The number of aromatic nitrogens is 1. The number of carbonyl (C=O) groups excluding carboxylic acids is 1. The normalized spacial score (nSPS) is 23.8. The van der Waals surface area contributed by atoms with Crippen molar-refractivity contribution in [1.29, 1.82) is 0 Å². The van der Waals surface area contributed by atoms with E-state index in [2.05, 4.69) is 17.2 Å². The van der Waals surface area contributed by atoms with Gasteiger partial charge in [-0.1, -0.05) is 13.3 Å². The van der Waals surface area contributed by atoms with Crippen molar-refractivity contribution in [3.05, 3.63) is 17.8 Å². The largest absolute Gasteiger partial charge is 0.475 e. The molecule has 0 aromatic carbocycles. The molecule has 2 rings (SSSR count). The molecular formula is C18H28N2O4. The summed E-state index contributed by atoms with van der Waals surface area (Å²) in [5, 5.41) is 2.98. The number of nitrogens with one attached hydrogen (secondary N) is 1. The van der Waals surface area contributed by atoms with E-state index in [0.29, 0.717) is 36.4 Å². The SMILES string of the molecule is COCCOc1ccc(NC(=O)[C@@]2(OC)CCC[C@@H](C)C2)c(C)n1. The zero-order valence-corrected chi connectivity index (χ0v) is 15.1. The van der Waals surface area contributed by atoms with Crippen LogP contribution >= 0.6 is 0 Å². The number of methoxy groups -OCH3 is 2. The van der Waals surface area contributed by atoms with Gasteiger partial charge in [0.15, 0.2) is 0 Å². The van der Waals surface area contributed by atoms with Crippen LogP contribution in [0.2, 0.25) is 0 Å². The fraction of sp³-hybridized carbons (Fsp3) is 0.667. The van der Waals surface area contributed by atoms with Crippen molar-refractivity contribution in [2.75, 3.05) is 32.8 Å². The number of nitrogens with zero attached hydrogens (tertiary/aromatic N) is 1. The van der Waals surface area contributed by atoms with Crippen LogP contribution in [0, 0.1) is 12.8 Å². The predicted molar refractivity (Wildman–Crippen MR) is 92.3 cm³/mol. The van der Waals surface area contributed by atoms with Gasteiger partial charge in [-0.25, -0.2) is 4.98 Å². The molecule has 1 saturated carbocycles. The molecule has 6 nitrogen and oxygen atoms in total. The van der Waals surface area contributed by atoms with Crippen molar-refractivity contribution in [3.8, 4) is 5.88 Å². The number of hydrogen-bond acceptors (Lipinski definition) is 5. The second kappa shape index (κ2) is 8.44. The first-order chi connectivity index (χ1) is 11.5. The minimum Gasteiger partial charge on any atom is -0.475 e. The molecule has 1 aromatic heterocycles. The quantitative estimate of drug-likeness (QED) is 0.775. The third-order valence-corrected chi connectivity index (χ3v) is 4.61. The molecular weight excluding hydrogens is 308 g/mol. The molecule has 1 N–H and O–H groups in total. The average Bonchev–Trinajstić information content (AvgIpc) is 2.57. The number of carbonyl (C=O) groups is 1. The predicted octanol–water partition coefficient (Wildman–Crippen LogP) is 2.95. The van der Waals surface area contributed by atoms with E-state index in [9.17, 15) is 4.79 Å². The lowest BCUT2D eigenvalue weighted by Gasteiger charge is -2.37. The molecule has 24 heavy (non-hydrogen) atoms. The Kier molecular flexibility index (Phi) is 6.57. The van der Waals surface area contributed by atoms with Crippen LogP contribution in [0.25, 0.3) is 0 Å². The number of hydrogen-bond donors (Lipinski definition) is 1. The van der Waals surface area contributed by atoms with E-state index in [4.69, 9.17) is 14.2 Å². The van der Waals surface area contributed by atoms with Gasteiger partial charge in [0.25, 0.3) is 5.91 Å². The molecule has 6 heteroatoms. The van der Waals surface area contributed by atoms with Gasteiger partial charge in [-0.15, -0.1) is 0 Å². The Morgan fingerprint density at radius 3 is 2.79 bits per heavy atom. The summed E-state index contributed by atoms with van der Waals surface area (Å²) in [5.74, 6) is 0.921. The standard InChI is InChI=1S/C18H28N2O4/c1-13-6-5-9-18(12-13,23-4)17(21)20-15-7-8-16(19-14(15)2)24-11-10-22-3/h7-8,13H,5-6,9-12H2,1-4H3,(H,20,21)/t13-,18-/m1/s1. The zero-order valence-electron chi connectivity index (χ0n) is 15.1. The Bertz CT molecular complexity index is 564. The van der Waals surface area contributed by atoms with Crippen LogP contribution in [-0.4, -0.2) is 43.9 Å². The summed E-state index contributed by atoms with van der Waals surface area (Å²) in [6.45, 7) is 4.97. The summed E-state index contributed by atoms with van der Waals surface area (Å²) < 4.78 is 16.1. The zero-order chi connectivity index (χ0) is 17.6. The van der Waals surface area contributed by atoms with E-state index < -0.39 is 5.60 Å². The van der Waals surface area contributed by atoms with Crippen LogP contribution in [0.5, 0.6) is 5.88 Å². The highest BCUT2D eigenvalue weighted by molar-refractivity contribution is 5.97. The van der Waals surface area contributed by atoms with Crippen molar-refractivity contribution in [1.82, 2.24) is 4.98 Å². The molecule has 1 aliphatic rings. The van der Waals surface area contributed by atoms with Gasteiger partial charge in [-0.3, -0.25) is 4.79 Å². The first-order valence-corrected chi connectivity index (χ1v) is 8.47. The number of rotatable bonds is 7. The Hall–Kier alpha value is -1.66. The molecule has 0 radical (unpaired) electrons. The fourth-order valence-electron chi connectivity index (χ4n) is 3.20. The molecule has 0 unspecified atom stereocenters. The monoisotopic (exact) mass is 336 g/mol. The van der Waals surface area contributed by atoms with E-state index in [-0.39, 0.29) is 5.91 Å². The smallest absolute Gasteiger partial charge is 0.256 e. The number of ether oxygens (including phenoxy) is 3. The topological polar surface area (TPSA) is 69.7 Å². The van der Waals surface area contributed by atoms with Gasteiger partial charge in [0.2, 0.25) is 5.88 Å². The number of amides is 1. The van der Waals surface area contributed by atoms with Gasteiger partial charge in [0.1, 0.15) is 12.2 Å². The van der Waals surface area contributed by atoms with Gasteiger partial charge in [0.05, 0.1) is 18.0 Å². The van der Waals surface area contributed by atoms with Gasteiger partial charge in [0, 0.05) is 20.3 Å². The second-order valence-corrected chi connectivity index (χ2v) is 6.48. The minimum atomic E-state index is -0.738. The van der Waals surface area contributed by atoms with Crippen molar-refractivity contribution < 1.29 is 19.0 Å². The summed E-state index contributed by atoms with van der Waals surface area (Å²) in [4.78, 5) is 17.2. The maximum atomic E-state index is 12.8. The fourth-order valence-corrected chi connectivity index (χ4v) is 3.20. The highest BCUT2D eigenvalue weighted by Gasteiger charge is 2.42. The maximum Gasteiger partial charge on any atom is 0.256 e. The third kappa shape index (κ3) is 4.45. The van der Waals surface area contributed by atoms with Crippen molar-refractivity contribution in [2.24, 2.45) is 5.92 Å². The molecule has 0 spiro atoms. The number of anilines is 1. The molecule has 1 amide bonds. The van der Waals surface area contributed by atoms with Crippen LogP contribution in [0.1, 0.15) is 38.3 Å². The highest BCUT2D eigenvalue weighted by atomic mass is 16.5. The lowest BCUT2D eigenvalue weighted by Crippen LogP contribution is -2.48. The molecule has 0 bridgehead atoms. The van der Waals surface area contributed by atoms with Crippen LogP contribution < -0.4 is 10.1 Å². The number of pyridine rings is 1. The maximum absolute atomic E-state index is 12.8. The van der Waals surface area contributed by atoms with E-state index in [1.807, 2.05) is 13.0 Å². The first-order valence-electron chi connectivity index (χ1n) is 8.47. The molecule has 1 fully saturated rings. The molecule has 2 atom stereocenters. The summed E-state index contributed by atoms with van der Waals surface area (Å²) in [6, 6.07) is 3.57. The summed E-state index contributed by atoms with van der Waals surface area (Å²) in [6.07, 6.45) is 3.66. The van der Waals surface area contributed by atoms with Crippen molar-refractivity contribution in [3.63, 3.8) is 0 Å². The van der Waals surface area contributed by atoms with Gasteiger partial charge in [-0.2, -0.15) is 0 Å². The molecule has 0 saturated heterocycles. The van der Waals surface area contributed by atoms with E-state index in [1.54, 1.807) is 20.3 Å². The second-order valence-electron chi connectivity index (χ2n) is 6.48. The Labute approximate surface area is 143 Å². The van der Waals surface area contributed by atoms with Gasteiger partial charge < -0.3 is 19.5 Å². The first kappa shape index (κ1) is 18.7. The Morgan fingerprint density at radius 1 is 1.38 bits per heavy atom. The van der Waals surface area contributed by atoms with Crippen molar-refractivity contribution >= 4 is 11.6 Å². The number of aryl methyl sites for hydroxylation is 1. The van der Waals surface area contributed by atoms with E-state index in [1.165, 1.54) is 0 Å². The van der Waals surface area contributed by atoms with Crippen LogP contribution in [0.3, 0.4) is 0 Å². The third-order valence-electron chi connectivity index (χ3n) is 4.61. The Morgan fingerprint density at radius 2 is 2.17 bits per heavy atom. The van der Waals surface area contributed by atoms with Crippen LogP contribution in [0.4, 0.5) is 5.69 Å². The molecule has 134 valence electrons. The molecule has 1 aliphatic carbocycles. The summed E-state index contributed by atoms with van der Waals surface area (Å²) in [7, 11) is 3.24. The van der Waals surface area contributed by atoms with E-state index in [0.717, 1.165) is 25.7 Å². The highest BCUT2D eigenvalue weighted by Crippen LogP contribution is 2.36. The molecule has 0 aliphatic heterocycles. The van der Waals surface area contributed by atoms with E-state index >= 15 is 0 Å². The lowest BCUT2D eigenvalue weighted by atomic mass is 9.78. The molecule has 1 aromatic rings. The van der Waals surface area contributed by atoms with Gasteiger partial charge >= 0.3 is 0 Å². The van der Waals surface area contributed by atoms with Crippen molar-refractivity contribution in [2.45, 2.75) is 45.1 Å². The summed E-state index contributed by atoms with van der Waals surface area (Å²) >= 11 is 0. The minimum absolute atomic E-state index is 0.0884.